The number of carbonyl (C=O) groups is 3. The van der Waals surface area contributed by atoms with Gasteiger partial charge in [0, 0.05) is 121 Å². The Hall–Kier alpha value is -7.76. The van der Waals surface area contributed by atoms with Crippen LogP contribution >= 0.6 is 34.8 Å². The maximum Gasteiger partial charge on any atom is 0.410 e. The van der Waals surface area contributed by atoms with Crippen molar-refractivity contribution < 1.29 is 28.6 Å². The highest BCUT2D eigenvalue weighted by Gasteiger charge is 2.48. The molecule has 16 nitrogen and oxygen atoms in total. The number of likely N-dealkylation sites (tertiary alicyclic amines) is 2. The van der Waals surface area contributed by atoms with E-state index in [0.717, 1.165) is 93.4 Å². The Balaban J connectivity index is 0.000000186. The Labute approximate surface area is 499 Å². The van der Waals surface area contributed by atoms with Crippen LogP contribution in [0, 0.1) is 0 Å². The van der Waals surface area contributed by atoms with E-state index in [0.29, 0.717) is 74.2 Å². The number of hydrogen-bond donors (Lipinski definition) is 2. The van der Waals surface area contributed by atoms with Gasteiger partial charge in [0.2, 0.25) is 11.8 Å². The zero-order valence-electron chi connectivity index (χ0n) is 47.2. The molecule has 83 heavy (non-hydrogen) atoms. The first-order valence-electron chi connectivity index (χ1n) is 27.7. The number of anilines is 2. The summed E-state index contributed by atoms with van der Waals surface area (Å²) in [7, 11) is 3.21. The van der Waals surface area contributed by atoms with Gasteiger partial charge >= 0.3 is 18.2 Å². The third kappa shape index (κ3) is 13.9. The van der Waals surface area contributed by atoms with Gasteiger partial charge in [-0.2, -0.15) is 0 Å². The molecule has 3 aromatic carbocycles. The molecule has 4 aliphatic rings. The SMILES string of the molecule is COc1ccc(-c2ccc3c(c2)C2(CCN(C(=O)OC(C)(C)C)CC2)CN3C(=O)NCc2ccnc(Cl)c2)cn1.COc1ccc(-c2ccc3c(c2)C2(CCN(C/C=C/c4ccc(Cl)cc4)CC2)CN3C(=O)NCc2ccnc(Cl)c2)cn1. The Morgan fingerprint density at radius 3 is 1.49 bits per heavy atom. The number of ether oxygens (including phenoxy) is 3. The minimum absolute atomic E-state index is 0.113. The van der Waals surface area contributed by atoms with Gasteiger partial charge in [0.25, 0.3) is 0 Å². The van der Waals surface area contributed by atoms with Crippen LogP contribution in [0.25, 0.3) is 28.3 Å². The molecule has 4 aromatic heterocycles. The predicted molar refractivity (Wildman–Crippen MR) is 327 cm³/mol. The lowest BCUT2D eigenvalue weighted by atomic mass is 9.73. The maximum absolute atomic E-state index is 13.6. The van der Waals surface area contributed by atoms with Crippen LogP contribution in [0.1, 0.15) is 74.3 Å². The van der Waals surface area contributed by atoms with Gasteiger partial charge in [-0.25, -0.2) is 34.3 Å². The van der Waals surface area contributed by atoms with Crippen molar-refractivity contribution in [2.75, 3.05) is 69.8 Å². The molecular formula is C64H67Cl3N10O6. The summed E-state index contributed by atoms with van der Waals surface area (Å²) in [6.07, 6.45) is 14.3. The van der Waals surface area contributed by atoms with Crippen LogP contribution < -0.4 is 29.9 Å². The van der Waals surface area contributed by atoms with Crippen LogP contribution in [0.15, 0.2) is 140 Å². The number of fused-ring (bicyclic) bond motifs is 4. The summed E-state index contributed by atoms with van der Waals surface area (Å²) in [5.74, 6) is 1.13. The number of nitrogens with one attached hydrogen (secondary N) is 2. The average Bonchev–Trinajstić information content (AvgIpc) is 3.66. The lowest BCUT2D eigenvalue weighted by molar-refractivity contribution is 0.0170. The van der Waals surface area contributed by atoms with Gasteiger partial charge in [0.05, 0.1) is 14.2 Å². The molecule has 430 valence electrons. The predicted octanol–water partition coefficient (Wildman–Crippen LogP) is 13.0. The fraction of sp³-hybridized carbons (Fsp3) is 0.328. The van der Waals surface area contributed by atoms with Crippen molar-refractivity contribution in [1.29, 1.82) is 0 Å². The molecule has 7 aromatic rings. The molecule has 2 fully saturated rings. The van der Waals surface area contributed by atoms with Crippen molar-refractivity contribution >= 4 is 70.4 Å². The molecule has 8 heterocycles. The summed E-state index contributed by atoms with van der Waals surface area (Å²) < 4.78 is 16.1. The van der Waals surface area contributed by atoms with E-state index >= 15 is 0 Å². The molecule has 0 unspecified atom stereocenters. The Kier molecular flexibility index (Phi) is 17.9. The molecule has 5 amide bonds. The largest absolute Gasteiger partial charge is 0.481 e. The number of urea groups is 2. The lowest BCUT2D eigenvalue weighted by Crippen LogP contribution is -2.49. The van der Waals surface area contributed by atoms with Gasteiger partial charge in [-0.05, 0) is 171 Å². The Morgan fingerprint density at radius 2 is 1.06 bits per heavy atom. The van der Waals surface area contributed by atoms with Crippen LogP contribution in [-0.4, -0.2) is 114 Å². The number of amides is 5. The van der Waals surface area contributed by atoms with Crippen LogP contribution in [0.3, 0.4) is 0 Å². The fourth-order valence-electron chi connectivity index (χ4n) is 11.4. The van der Waals surface area contributed by atoms with Crippen molar-refractivity contribution in [2.45, 2.75) is 76.0 Å². The van der Waals surface area contributed by atoms with Gasteiger partial charge in [0.1, 0.15) is 15.9 Å². The summed E-state index contributed by atoms with van der Waals surface area (Å²) >= 11 is 18.1. The Morgan fingerprint density at radius 1 is 0.590 bits per heavy atom. The highest BCUT2D eigenvalue weighted by Crippen LogP contribution is 2.50. The van der Waals surface area contributed by atoms with Gasteiger partial charge in [-0.15, -0.1) is 0 Å². The van der Waals surface area contributed by atoms with E-state index in [-0.39, 0.29) is 29.0 Å². The first-order valence-corrected chi connectivity index (χ1v) is 28.9. The molecule has 2 spiro atoms. The summed E-state index contributed by atoms with van der Waals surface area (Å²) in [5, 5.41) is 7.66. The molecule has 0 saturated carbocycles. The molecule has 2 N–H and O–H groups in total. The number of halogens is 3. The second-order valence-corrected chi connectivity index (χ2v) is 23.6. The zero-order valence-corrected chi connectivity index (χ0v) is 49.5. The zero-order chi connectivity index (χ0) is 58.3. The second kappa shape index (κ2) is 25.4. The van der Waals surface area contributed by atoms with E-state index in [4.69, 9.17) is 49.0 Å². The second-order valence-electron chi connectivity index (χ2n) is 22.4. The standard InChI is InChI=1S/C34H33Cl2N5O2.C30H34ClN5O4/c1-43-32-11-7-27(22-38-32)26-6-10-30-29(20-26)34(23-41(30)33(42)39-21-25-12-15-37-31(36)19-25)13-17-40(18-14-34)16-2-3-24-4-8-28(35)9-5-24;1-29(2,3)40-28(38)35-13-10-30(11-14-35)19-36(27(37)34-17-20-9-12-32-25(31)15-20)24-7-5-21(16-23(24)30)22-6-8-26(39-4)33-18-22/h2-12,15,19-20,22H,13-14,16-18,21,23H2,1H3,(H,39,42);5-9,12,15-16,18H,10-11,13-14,17,19H2,1-4H3,(H,34,37)/b3-2+;. The first kappa shape index (κ1) is 58.4. The van der Waals surface area contributed by atoms with Crippen LogP contribution in [0.5, 0.6) is 11.8 Å². The topological polar surface area (TPSA) is 167 Å². The summed E-state index contributed by atoms with van der Waals surface area (Å²) in [4.78, 5) is 64.6. The van der Waals surface area contributed by atoms with Crippen LogP contribution in [0.2, 0.25) is 15.3 Å². The number of carbonyl (C=O) groups excluding carboxylic acids is 3. The van der Waals surface area contributed by atoms with Crippen molar-refractivity contribution in [3.05, 3.63) is 183 Å². The monoisotopic (exact) mass is 1180 g/mol. The quantitative estimate of drug-likeness (QED) is 0.118. The Bertz CT molecular complexity index is 3470. The number of methoxy groups -OCH3 is 2. The molecule has 0 aliphatic carbocycles. The molecule has 0 radical (unpaired) electrons. The molecule has 0 atom stereocenters. The highest BCUT2D eigenvalue weighted by molar-refractivity contribution is 6.30. The number of pyridine rings is 4. The summed E-state index contributed by atoms with van der Waals surface area (Å²) in [6.45, 7) is 11.4. The molecule has 0 bridgehead atoms. The normalized spacial score (nSPS) is 16.0. The number of nitrogens with zero attached hydrogens (tertiary/aromatic N) is 8. The van der Waals surface area contributed by atoms with Gasteiger partial charge in [-0.1, -0.05) is 71.2 Å². The van der Waals surface area contributed by atoms with E-state index in [1.807, 2.05) is 110 Å². The fourth-order valence-corrected chi connectivity index (χ4v) is 11.9. The van der Waals surface area contributed by atoms with Crippen molar-refractivity contribution in [3.8, 4) is 34.0 Å². The molecule has 4 aliphatic heterocycles. The van der Waals surface area contributed by atoms with Gasteiger partial charge in [-0.3, -0.25) is 14.7 Å². The third-order valence-electron chi connectivity index (χ3n) is 15.9. The van der Waals surface area contributed by atoms with E-state index < -0.39 is 5.60 Å². The molecule has 2 saturated heterocycles. The van der Waals surface area contributed by atoms with E-state index in [1.165, 1.54) is 5.56 Å². The van der Waals surface area contributed by atoms with Gasteiger partial charge < -0.3 is 29.7 Å². The van der Waals surface area contributed by atoms with E-state index in [1.54, 1.807) is 49.8 Å². The minimum atomic E-state index is -0.554. The summed E-state index contributed by atoms with van der Waals surface area (Å²) in [5.41, 5.74) is 10.2. The van der Waals surface area contributed by atoms with E-state index in [9.17, 15) is 14.4 Å². The van der Waals surface area contributed by atoms with E-state index in [2.05, 4.69) is 71.9 Å². The smallest absolute Gasteiger partial charge is 0.410 e. The van der Waals surface area contributed by atoms with Gasteiger partial charge in [0.15, 0.2) is 0 Å². The van der Waals surface area contributed by atoms with Crippen molar-refractivity contribution in [3.63, 3.8) is 0 Å². The highest BCUT2D eigenvalue weighted by atomic mass is 35.5. The molecular weight excluding hydrogens is 1110 g/mol. The first-order chi connectivity index (χ1) is 40.0. The molecule has 11 rings (SSSR count). The number of rotatable bonds is 11. The number of aromatic nitrogens is 4. The minimum Gasteiger partial charge on any atom is -0.481 e. The molecule has 19 heteroatoms. The van der Waals surface area contributed by atoms with Crippen LogP contribution in [0.4, 0.5) is 25.8 Å². The number of piperidine rings is 2. The maximum atomic E-state index is 13.6. The lowest BCUT2D eigenvalue weighted by Gasteiger charge is -2.40. The number of benzene rings is 3. The third-order valence-corrected chi connectivity index (χ3v) is 16.6. The van der Waals surface area contributed by atoms with Crippen molar-refractivity contribution in [2.24, 2.45) is 0 Å². The van der Waals surface area contributed by atoms with Crippen molar-refractivity contribution in [1.82, 2.24) is 40.4 Å². The average molecular weight is 1180 g/mol. The van der Waals surface area contributed by atoms with Crippen LogP contribution in [-0.2, 0) is 28.7 Å². The number of hydrogen-bond acceptors (Lipinski definition) is 11. The summed E-state index contributed by atoms with van der Waals surface area (Å²) in [6, 6.07) is 35.1.